The van der Waals surface area contributed by atoms with Crippen LogP contribution in [0.15, 0.2) is 30.5 Å². The average Bonchev–Trinajstić information content (AvgIpc) is 3.56. The number of imide groups is 1. The first-order valence-corrected chi connectivity index (χ1v) is 14.6. The average molecular weight is 601 g/mol. The van der Waals surface area contributed by atoms with Crippen molar-refractivity contribution >= 4 is 29.8 Å². The fraction of sp³-hybridized carbons (Fsp3) is 0.552. The molecule has 3 heterocycles. The van der Waals surface area contributed by atoms with E-state index >= 15 is 0 Å². The van der Waals surface area contributed by atoms with Gasteiger partial charge in [-0.25, -0.2) is 19.2 Å². The van der Waals surface area contributed by atoms with Crippen molar-refractivity contribution in [3.8, 4) is 5.69 Å². The van der Waals surface area contributed by atoms with Gasteiger partial charge in [0.2, 0.25) is 5.91 Å². The van der Waals surface area contributed by atoms with Crippen molar-refractivity contribution in [3.63, 3.8) is 0 Å². The lowest BCUT2D eigenvalue weighted by Crippen LogP contribution is -2.46. The van der Waals surface area contributed by atoms with E-state index < -0.39 is 42.4 Å². The molecule has 13 nitrogen and oxygen atoms in total. The number of hydrogen-bond acceptors (Lipinski definition) is 7. The van der Waals surface area contributed by atoms with Gasteiger partial charge in [0.05, 0.1) is 24.3 Å². The molecular weight excluding hydrogens is 563 g/mol. The van der Waals surface area contributed by atoms with Crippen molar-refractivity contribution in [1.29, 1.82) is 0 Å². The van der Waals surface area contributed by atoms with Crippen LogP contribution in [0.25, 0.3) is 5.69 Å². The van der Waals surface area contributed by atoms with Gasteiger partial charge >= 0.3 is 18.0 Å². The SMILES string of the molecule is O=C(O)CCC(C(=O)O)N1C(=O)N[C@@H](CC2CCN(C(=O)CCCc3ccc(-n4cc(CCCF)nn4)cc3)CC2)C1=O. The van der Waals surface area contributed by atoms with Crippen LogP contribution >= 0.6 is 0 Å². The molecule has 43 heavy (non-hydrogen) atoms. The van der Waals surface area contributed by atoms with E-state index in [9.17, 15) is 33.5 Å². The molecule has 4 rings (SSSR count). The molecule has 4 amide bonds. The molecule has 2 aliphatic rings. The number of likely N-dealkylation sites (tertiary alicyclic amines) is 1. The van der Waals surface area contributed by atoms with E-state index in [1.807, 2.05) is 29.2 Å². The largest absolute Gasteiger partial charge is 0.481 e. The second kappa shape index (κ2) is 14.7. The normalized spacial score (nSPS) is 18.1. The zero-order chi connectivity index (χ0) is 30.9. The predicted molar refractivity (Wildman–Crippen MR) is 150 cm³/mol. The van der Waals surface area contributed by atoms with Crippen molar-refractivity contribution < 1.29 is 38.6 Å². The summed E-state index contributed by atoms with van der Waals surface area (Å²) in [5.74, 6) is -3.16. The van der Waals surface area contributed by atoms with E-state index in [4.69, 9.17) is 5.11 Å². The monoisotopic (exact) mass is 600 g/mol. The molecule has 3 N–H and O–H groups in total. The highest BCUT2D eigenvalue weighted by Gasteiger charge is 2.45. The Morgan fingerprint density at radius 1 is 1.02 bits per heavy atom. The van der Waals surface area contributed by atoms with E-state index in [0.717, 1.165) is 23.4 Å². The second-order valence-corrected chi connectivity index (χ2v) is 11.0. The van der Waals surface area contributed by atoms with Gasteiger partial charge in [-0.1, -0.05) is 17.3 Å². The van der Waals surface area contributed by atoms with Gasteiger partial charge in [-0.2, -0.15) is 0 Å². The predicted octanol–water partition coefficient (Wildman–Crippen LogP) is 2.36. The van der Waals surface area contributed by atoms with Crippen LogP contribution in [0.2, 0.25) is 0 Å². The molecule has 0 bridgehead atoms. The molecule has 2 aliphatic heterocycles. The number of nitrogens with zero attached hydrogens (tertiary/aromatic N) is 5. The summed E-state index contributed by atoms with van der Waals surface area (Å²) in [4.78, 5) is 63.0. The molecule has 0 saturated carbocycles. The zero-order valence-corrected chi connectivity index (χ0v) is 23.9. The number of halogens is 1. The Bertz CT molecular complexity index is 1310. The van der Waals surface area contributed by atoms with Gasteiger partial charge < -0.3 is 20.4 Å². The third-order valence-electron chi connectivity index (χ3n) is 7.98. The molecule has 0 aliphatic carbocycles. The molecule has 0 spiro atoms. The summed E-state index contributed by atoms with van der Waals surface area (Å²) in [5.41, 5.74) is 2.69. The van der Waals surface area contributed by atoms with Crippen LogP contribution in [0.1, 0.15) is 62.6 Å². The van der Waals surface area contributed by atoms with Crippen LogP contribution in [-0.4, -0.2) is 96.6 Å². The van der Waals surface area contributed by atoms with Gasteiger partial charge in [0, 0.05) is 25.9 Å². The minimum absolute atomic E-state index is 0.0673. The van der Waals surface area contributed by atoms with Crippen molar-refractivity contribution in [2.45, 2.75) is 76.3 Å². The minimum atomic E-state index is -1.54. The van der Waals surface area contributed by atoms with Gasteiger partial charge in [0.15, 0.2) is 0 Å². The molecule has 1 aromatic carbocycles. The van der Waals surface area contributed by atoms with E-state index in [1.54, 1.807) is 10.9 Å². The van der Waals surface area contributed by atoms with Gasteiger partial charge in [0.25, 0.3) is 5.91 Å². The maximum absolute atomic E-state index is 12.9. The first-order valence-electron chi connectivity index (χ1n) is 14.6. The number of benzene rings is 1. The number of carbonyl (C=O) groups is 5. The number of carboxylic acids is 2. The van der Waals surface area contributed by atoms with Gasteiger partial charge in [-0.3, -0.25) is 18.8 Å². The molecule has 1 unspecified atom stereocenters. The summed E-state index contributed by atoms with van der Waals surface area (Å²) >= 11 is 0. The number of amides is 4. The highest BCUT2D eigenvalue weighted by atomic mass is 19.1. The lowest BCUT2D eigenvalue weighted by Gasteiger charge is -2.33. The number of urea groups is 1. The Morgan fingerprint density at radius 2 is 1.74 bits per heavy atom. The van der Waals surface area contributed by atoms with Crippen molar-refractivity contribution in [2.75, 3.05) is 19.8 Å². The van der Waals surface area contributed by atoms with Crippen molar-refractivity contribution in [3.05, 3.63) is 41.7 Å². The van der Waals surface area contributed by atoms with E-state index in [1.165, 1.54) is 0 Å². The summed E-state index contributed by atoms with van der Waals surface area (Å²) in [6, 6.07) is 4.62. The number of alkyl halides is 1. The number of aliphatic carboxylic acids is 2. The number of hydrogen-bond donors (Lipinski definition) is 3. The van der Waals surface area contributed by atoms with Gasteiger partial charge in [-0.15, -0.1) is 5.10 Å². The molecule has 14 heteroatoms. The maximum Gasteiger partial charge on any atom is 0.327 e. The summed E-state index contributed by atoms with van der Waals surface area (Å²) in [6.07, 6.45) is 5.41. The first kappa shape index (κ1) is 31.6. The molecule has 0 radical (unpaired) electrons. The lowest BCUT2D eigenvalue weighted by molar-refractivity contribution is -0.148. The van der Waals surface area contributed by atoms with Crippen LogP contribution in [0, 0.1) is 5.92 Å². The first-order chi connectivity index (χ1) is 20.7. The molecule has 2 atom stereocenters. The topological polar surface area (TPSA) is 175 Å². The van der Waals surface area contributed by atoms with Gasteiger partial charge in [-0.05, 0) is 75.0 Å². The number of aryl methyl sites for hydroxylation is 2. The molecule has 2 saturated heterocycles. The highest BCUT2D eigenvalue weighted by Crippen LogP contribution is 2.26. The minimum Gasteiger partial charge on any atom is -0.481 e. The Labute approximate surface area is 248 Å². The Balaban J connectivity index is 1.18. The fourth-order valence-electron chi connectivity index (χ4n) is 5.58. The van der Waals surface area contributed by atoms with Crippen LogP contribution < -0.4 is 5.32 Å². The molecular formula is C29H37FN6O7. The van der Waals surface area contributed by atoms with Crippen LogP contribution in [0.3, 0.4) is 0 Å². The van der Waals surface area contributed by atoms with Crippen molar-refractivity contribution in [1.82, 2.24) is 30.1 Å². The molecule has 2 aromatic rings. The highest BCUT2D eigenvalue weighted by molar-refractivity contribution is 6.06. The lowest BCUT2D eigenvalue weighted by atomic mass is 9.90. The van der Waals surface area contributed by atoms with Crippen LogP contribution in [0.4, 0.5) is 9.18 Å². The van der Waals surface area contributed by atoms with E-state index in [0.29, 0.717) is 62.9 Å². The van der Waals surface area contributed by atoms with Gasteiger partial charge in [0.1, 0.15) is 12.1 Å². The Kier molecular flexibility index (Phi) is 10.8. The van der Waals surface area contributed by atoms with Crippen molar-refractivity contribution in [2.24, 2.45) is 5.92 Å². The standard InChI is InChI=1S/C29H37FN6O7/c30-14-2-4-21-18-35(33-32-21)22-8-6-19(7-9-22)3-1-5-25(37)34-15-12-20(13-16-34)17-23-27(40)36(29(43)31-23)24(28(41)42)10-11-26(38)39/h6-9,18,20,23-24H,1-5,10-17H2,(H,31,43)(H,38,39)(H,41,42)/t23-,24?/m0/s1. The smallest absolute Gasteiger partial charge is 0.327 e. The number of piperidine rings is 1. The third kappa shape index (κ3) is 8.36. The van der Waals surface area contributed by atoms with Crippen LogP contribution in [-0.2, 0) is 32.0 Å². The Morgan fingerprint density at radius 3 is 2.40 bits per heavy atom. The molecule has 1 aromatic heterocycles. The number of carboxylic acid groups (broad SMARTS) is 2. The summed E-state index contributed by atoms with van der Waals surface area (Å²) < 4.78 is 14.0. The third-order valence-corrected chi connectivity index (χ3v) is 7.98. The quantitative estimate of drug-likeness (QED) is 0.259. The number of aromatic nitrogens is 3. The molecule has 232 valence electrons. The number of nitrogens with one attached hydrogen (secondary N) is 1. The van der Waals surface area contributed by atoms with E-state index in [-0.39, 0.29) is 24.9 Å². The maximum atomic E-state index is 12.9. The summed E-state index contributed by atoms with van der Waals surface area (Å²) in [7, 11) is 0. The molecule has 2 fully saturated rings. The number of rotatable bonds is 15. The summed E-state index contributed by atoms with van der Waals surface area (Å²) in [5, 5.41) is 29.0. The summed E-state index contributed by atoms with van der Waals surface area (Å²) in [6.45, 7) is 0.694. The van der Waals surface area contributed by atoms with E-state index in [2.05, 4.69) is 15.6 Å². The fourth-order valence-corrected chi connectivity index (χ4v) is 5.58. The second-order valence-electron chi connectivity index (χ2n) is 11.0. The zero-order valence-electron chi connectivity index (χ0n) is 23.9. The number of carbonyl (C=O) groups excluding carboxylic acids is 3. The Hall–Kier alpha value is -4.36. The van der Waals surface area contributed by atoms with Crippen LogP contribution in [0.5, 0.6) is 0 Å².